The summed E-state index contributed by atoms with van der Waals surface area (Å²) >= 11 is 0. The van der Waals surface area contributed by atoms with Gasteiger partial charge < -0.3 is 16.2 Å². The molecule has 0 radical (unpaired) electrons. The molecule has 1 unspecified atom stereocenters. The fourth-order valence-electron chi connectivity index (χ4n) is 1.03. The predicted molar refractivity (Wildman–Crippen MR) is 50.5 cm³/mol. The van der Waals surface area contributed by atoms with Gasteiger partial charge in [0.2, 0.25) is 0 Å². The maximum atomic E-state index is 13.1. The summed E-state index contributed by atoms with van der Waals surface area (Å²) in [5, 5.41) is 10.8. The van der Waals surface area contributed by atoms with Crippen molar-refractivity contribution >= 4 is 11.7 Å². The molecule has 1 aromatic rings. The Kier molecular flexibility index (Phi) is 3.56. The smallest absolute Gasteiger partial charge is 0.327 e. The molecule has 0 saturated carbocycles. The minimum atomic E-state index is -1.26. The molecule has 4 N–H and O–H groups in total. The van der Waals surface area contributed by atoms with E-state index in [4.69, 9.17) is 10.8 Å². The number of nitrogens with two attached hydrogens (primary N) is 1. The van der Waals surface area contributed by atoms with Crippen LogP contribution in [-0.4, -0.2) is 23.7 Å². The van der Waals surface area contributed by atoms with Gasteiger partial charge in [-0.2, -0.15) is 0 Å². The summed E-state index contributed by atoms with van der Waals surface area (Å²) < 4.78 is 26.1. The summed E-state index contributed by atoms with van der Waals surface area (Å²) in [4.78, 5) is 10.6. The van der Waals surface area contributed by atoms with Gasteiger partial charge in [0.25, 0.3) is 0 Å². The van der Waals surface area contributed by atoms with E-state index in [0.29, 0.717) is 0 Å². The van der Waals surface area contributed by atoms with Crippen LogP contribution in [0.2, 0.25) is 0 Å². The van der Waals surface area contributed by atoms with Gasteiger partial charge in [-0.05, 0) is 12.1 Å². The maximum Gasteiger partial charge on any atom is 0.327 e. The summed E-state index contributed by atoms with van der Waals surface area (Å²) in [6.07, 6.45) is 0. The van der Waals surface area contributed by atoms with Crippen molar-refractivity contribution < 1.29 is 18.7 Å². The second-order valence-corrected chi connectivity index (χ2v) is 2.87. The maximum absolute atomic E-state index is 13.1. The van der Waals surface area contributed by atoms with Crippen molar-refractivity contribution in [3.8, 4) is 0 Å². The fraction of sp³-hybridized carbons (Fsp3) is 0.222. The third kappa shape index (κ3) is 2.63. The lowest BCUT2D eigenvalue weighted by atomic mass is 10.2. The molecule has 0 saturated heterocycles. The van der Waals surface area contributed by atoms with Crippen molar-refractivity contribution in [3.63, 3.8) is 0 Å². The van der Waals surface area contributed by atoms with Gasteiger partial charge in [0.15, 0.2) is 0 Å². The van der Waals surface area contributed by atoms with Crippen LogP contribution >= 0.6 is 0 Å². The monoisotopic (exact) mass is 216 g/mol. The van der Waals surface area contributed by atoms with Crippen LogP contribution < -0.4 is 11.1 Å². The van der Waals surface area contributed by atoms with Crippen molar-refractivity contribution in [2.24, 2.45) is 5.73 Å². The molecule has 1 rings (SSSR count). The fourth-order valence-corrected chi connectivity index (χ4v) is 1.03. The van der Waals surface area contributed by atoms with Crippen molar-refractivity contribution in [1.29, 1.82) is 0 Å². The Hall–Kier alpha value is -1.69. The van der Waals surface area contributed by atoms with Gasteiger partial charge in [-0.25, -0.2) is 13.6 Å². The molecular formula is C9H10F2N2O2. The highest BCUT2D eigenvalue weighted by molar-refractivity contribution is 5.77. The number of para-hydroxylation sites is 1. The molecule has 0 aliphatic carbocycles. The zero-order chi connectivity index (χ0) is 11.4. The van der Waals surface area contributed by atoms with Crippen molar-refractivity contribution in [2.45, 2.75) is 6.04 Å². The lowest BCUT2D eigenvalue weighted by Gasteiger charge is -2.14. The lowest BCUT2D eigenvalue weighted by Crippen LogP contribution is -2.37. The molecule has 0 aromatic heterocycles. The van der Waals surface area contributed by atoms with E-state index in [9.17, 15) is 13.6 Å². The molecule has 0 aliphatic heterocycles. The highest BCUT2D eigenvalue weighted by atomic mass is 19.1. The minimum absolute atomic E-state index is 0.261. The van der Waals surface area contributed by atoms with Gasteiger partial charge in [-0.1, -0.05) is 6.07 Å². The average molecular weight is 216 g/mol. The Labute approximate surface area is 84.7 Å². The van der Waals surface area contributed by atoms with Gasteiger partial charge in [-0.15, -0.1) is 0 Å². The van der Waals surface area contributed by atoms with Gasteiger partial charge >= 0.3 is 5.97 Å². The van der Waals surface area contributed by atoms with E-state index in [-0.39, 0.29) is 6.54 Å². The van der Waals surface area contributed by atoms with E-state index in [1.165, 1.54) is 6.07 Å². The number of aliphatic carboxylic acids is 1. The van der Waals surface area contributed by atoms with Crippen molar-refractivity contribution in [2.75, 3.05) is 11.9 Å². The van der Waals surface area contributed by atoms with E-state index in [2.05, 4.69) is 5.32 Å². The zero-order valence-corrected chi connectivity index (χ0v) is 7.71. The Morgan fingerprint density at radius 2 is 2.00 bits per heavy atom. The normalized spacial score (nSPS) is 12.2. The average Bonchev–Trinajstić information content (AvgIpc) is 2.17. The van der Waals surface area contributed by atoms with Crippen LogP contribution in [0, 0.1) is 11.6 Å². The Morgan fingerprint density at radius 3 is 2.40 bits per heavy atom. The molecule has 15 heavy (non-hydrogen) atoms. The molecular weight excluding hydrogens is 206 g/mol. The molecule has 6 heteroatoms. The first-order valence-corrected chi connectivity index (χ1v) is 4.19. The summed E-state index contributed by atoms with van der Waals surface area (Å²) in [6.45, 7) is -0.261. The van der Waals surface area contributed by atoms with Crippen LogP contribution in [0.1, 0.15) is 0 Å². The molecule has 0 heterocycles. The second kappa shape index (κ2) is 4.70. The summed E-state index contributed by atoms with van der Waals surface area (Å²) in [6, 6.07) is 2.03. The Morgan fingerprint density at radius 1 is 1.47 bits per heavy atom. The Bertz CT molecular complexity index is 351. The molecule has 1 atom stereocenters. The molecule has 0 amide bonds. The van der Waals surface area contributed by atoms with Gasteiger partial charge in [-0.3, -0.25) is 0 Å². The third-order valence-electron chi connectivity index (χ3n) is 1.82. The summed E-state index contributed by atoms with van der Waals surface area (Å²) in [5.74, 6) is -2.97. The number of halogens is 2. The van der Waals surface area contributed by atoms with Crippen molar-refractivity contribution in [3.05, 3.63) is 29.8 Å². The highest BCUT2D eigenvalue weighted by Crippen LogP contribution is 2.18. The van der Waals surface area contributed by atoms with E-state index >= 15 is 0 Å². The second-order valence-electron chi connectivity index (χ2n) is 2.87. The first-order valence-electron chi connectivity index (χ1n) is 4.19. The standard InChI is InChI=1S/C9H10F2N2O2/c10-5-2-1-3-6(11)8(5)13-7(4-12)9(14)15/h1-3,7,13H,4,12H2,(H,14,15). The van der Waals surface area contributed by atoms with Gasteiger partial charge in [0, 0.05) is 6.54 Å². The Balaban J connectivity index is 2.92. The van der Waals surface area contributed by atoms with Gasteiger partial charge in [0.05, 0.1) is 0 Å². The van der Waals surface area contributed by atoms with Gasteiger partial charge in [0.1, 0.15) is 23.4 Å². The number of benzene rings is 1. The van der Waals surface area contributed by atoms with Crippen LogP contribution in [0.5, 0.6) is 0 Å². The number of nitrogens with one attached hydrogen (secondary N) is 1. The highest BCUT2D eigenvalue weighted by Gasteiger charge is 2.18. The van der Waals surface area contributed by atoms with Crippen LogP contribution in [-0.2, 0) is 4.79 Å². The number of anilines is 1. The number of rotatable bonds is 4. The first kappa shape index (κ1) is 11.4. The topological polar surface area (TPSA) is 75.3 Å². The van der Waals surface area contributed by atoms with E-state index in [0.717, 1.165) is 12.1 Å². The van der Waals surface area contributed by atoms with Crippen LogP contribution in [0.15, 0.2) is 18.2 Å². The largest absolute Gasteiger partial charge is 0.480 e. The first-order chi connectivity index (χ1) is 7.06. The van der Waals surface area contributed by atoms with E-state index in [1.807, 2.05) is 0 Å². The van der Waals surface area contributed by atoms with Crippen molar-refractivity contribution in [1.82, 2.24) is 0 Å². The molecule has 4 nitrogen and oxygen atoms in total. The lowest BCUT2D eigenvalue weighted by molar-refractivity contribution is -0.137. The summed E-state index contributed by atoms with van der Waals surface area (Å²) in [5.41, 5.74) is 4.66. The molecule has 0 spiro atoms. The third-order valence-corrected chi connectivity index (χ3v) is 1.82. The number of carbonyl (C=O) groups is 1. The van der Waals surface area contributed by atoms with Crippen LogP contribution in [0.4, 0.5) is 14.5 Å². The van der Waals surface area contributed by atoms with Crippen LogP contribution in [0.25, 0.3) is 0 Å². The number of hydrogen-bond donors (Lipinski definition) is 3. The predicted octanol–water partition coefficient (Wildman–Crippen LogP) is 0.789. The molecule has 1 aromatic carbocycles. The summed E-state index contributed by atoms with van der Waals surface area (Å²) in [7, 11) is 0. The molecule has 0 bridgehead atoms. The number of hydrogen-bond acceptors (Lipinski definition) is 3. The minimum Gasteiger partial charge on any atom is -0.480 e. The molecule has 0 aliphatic rings. The SMILES string of the molecule is NCC(Nc1c(F)cccc1F)C(=O)O. The van der Waals surface area contributed by atoms with E-state index < -0.39 is 29.3 Å². The quantitative estimate of drug-likeness (QED) is 0.695. The zero-order valence-electron chi connectivity index (χ0n) is 7.71. The van der Waals surface area contributed by atoms with E-state index in [1.54, 1.807) is 0 Å². The molecule has 0 fully saturated rings. The van der Waals surface area contributed by atoms with Crippen LogP contribution in [0.3, 0.4) is 0 Å². The molecule has 82 valence electrons. The number of carboxylic acids is 1. The number of carboxylic acid groups (broad SMARTS) is 1.